The average molecular weight is 416 g/mol. The van der Waals surface area contributed by atoms with E-state index in [0.717, 1.165) is 24.5 Å². The molecule has 3 rings (SSSR count). The van der Waals surface area contributed by atoms with Gasteiger partial charge in [-0.3, -0.25) is 9.59 Å². The van der Waals surface area contributed by atoms with Crippen molar-refractivity contribution in [1.82, 2.24) is 4.90 Å². The van der Waals surface area contributed by atoms with Crippen molar-refractivity contribution in [2.24, 2.45) is 0 Å². The van der Waals surface area contributed by atoms with Crippen LogP contribution in [-0.4, -0.2) is 55.0 Å². The Balaban J connectivity index is 2.02. The van der Waals surface area contributed by atoms with E-state index in [2.05, 4.69) is 13.8 Å². The molecule has 0 spiro atoms. The van der Waals surface area contributed by atoms with Gasteiger partial charge in [-0.15, -0.1) is 11.3 Å². The number of Topliss-reactive ketones (excluding diaryl/α,β-unsaturated/α-hetero) is 1. The smallest absolute Gasteiger partial charge is 0.295 e. The van der Waals surface area contributed by atoms with Crippen LogP contribution in [0.25, 0.3) is 5.76 Å². The summed E-state index contributed by atoms with van der Waals surface area (Å²) in [6, 6.07) is 10.0. The number of carbonyl (C=O) groups excluding carboxylic acids is 2. The number of rotatable bonds is 8. The average Bonchev–Trinajstić information content (AvgIpc) is 3.36. The lowest BCUT2D eigenvalue weighted by atomic mass is 10.00. The number of aliphatic hydroxyl groups is 1. The van der Waals surface area contributed by atoms with Gasteiger partial charge in [0.2, 0.25) is 0 Å². The molecule has 7 heteroatoms. The summed E-state index contributed by atoms with van der Waals surface area (Å²) < 4.78 is 5.16. The first kappa shape index (κ1) is 21.1. The Morgan fingerprint density at radius 1 is 1.17 bits per heavy atom. The standard InChI is InChI=1S/C22H26N2O4S/c1-4-23(5-2)12-13-24-19(17-7-6-14-29-17)18(21(26)22(24)27)20(25)15-8-10-16(28-3)11-9-15/h6-11,14,19,25H,4-5,12-13H2,1-3H3/p+1/t19-/m0/s1. The van der Waals surface area contributed by atoms with Crippen LogP contribution in [0.4, 0.5) is 0 Å². The van der Waals surface area contributed by atoms with Crippen LogP contribution in [0, 0.1) is 0 Å². The molecule has 0 aliphatic carbocycles. The van der Waals surface area contributed by atoms with Crippen LogP contribution in [0.1, 0.15) is 30.3 Å². The number of quaternary nitrogens is 1. The number of amides is 1. The molecule has 1 saturated heterocycles. The minimum absolute atomic E-state index is 0.150. The van der Waals surface area contributed by atoms with E-state index >= 15 is 0 Å². The monoisotopic (exact) mass is 415 g/mol. The summed E-state index contributed by atoms with van der Waals surface area (Å²) in [6.45, 7) is 7.33. The van der Waals surface area contributed by atoms with E-state index in [4.69, 9.17) is 4.74 Å². The topological polar surface area (TPSA) is 71.3 Å². The van der Waals surface area contributed by atoms with E-state index in [-0.39, 0.29) is 11.3 Å². The van der Waals surface area contributed by atoms with Crippen LogP contribution in [0.3, 0.4) is 0 Å². The number of thiophene rings is 1. The van der Waals surface area contributed by atoms with Crippen LogP contribution in [-0.2, 0) is 9.59 Å². The number of carbonyl (C=O) groups is 2. The second kappa shape index (κ2) is 9.24. The largest absolute Gasteiger partial charge is 0.507 e. The van der Waals surface area contributed by atoms with E-state index in [1.165, 1.54) is 16.2 Å². The minimum atomic E-state index is -0.633. The number of likely N-dealkylation sites (N-methyl/N-ethyl adjacent to an activating group) is 1. The summed E-state index contributed by atoms with van der Waals surface area (Å²) in [5.74, 6) is -0.683. The first-order valence-corrected chi connectivity index (χ1v) is 10.7. The highest BCUT2D eigenvalue weighted by atomic mass is 32.1. The van der Waals surface area contributed by atoms with Gasteiger partial charge in [-0.2, -0.15) is 0 Å². The fourth-order valence-electron chi connectivity index (χ4n) is 3.64. The van der Waals surface area contributed by atoms with Crippen LogP contribution in [0.2, 0.25) is 0 Å². The Morgan fingerprint density at radius 3 is 2.41 bits per heavy atom. The number of hydrogen-bond donors (Lipinski definition) is 2. The van der Waals surface area contributed by atoms with Gasteiger partial charge in [0, 0.05) is 10.4 Å². The van der Waals surface area contributed by atoms with E-state index in [0.29, 0.717) is 17.9 Å². The molecule has 0 bridgehead atoms. The second-order valence-corrected chi connectivity index (χ2v) is 7.92. The highest BCUT2D eigenvalue weighted by Crippen LogP contribution is 2.40. The number of nitrogens with one attached hydrogen (secondary N) is 1. The summed E-state index contributed by atoms with van der Waals surface area (Å²) in [7, 11) is 1.56. The van der Waals surface area contributed by atoms with Crippen LogP contribution in [0.5, 0.6) is 5.75 Å². The lowest BCUT2D eigenvalue weighted by molar-refractivity contribution is -0.895. The van der Waals surface area contributed by atoms with Gasteiger partial charge in [0.05, 0.1) is 44.9 Å². The molecule has 0 radical (unpaired) electrons. The molecule has 0 unspecified atom stereocenters. The van der Waals surface area contributed by atoms with Crippen LogP contribution < -0.4 is 9.64 Å². The molecule has 154 valence electrons. The first-order valence-electron chi connectivity index (χ1n) is 9.81. The molecule has 2 heterocycles. The number of ketones is 1. The van der Waals surface area contributed by atoms with Crippen molar-refractivity contribution in [3.8, 4) is 5.75 Å². The SMILES string of the molecule is CC[NH+](CC)CCN1C(=O)C(=O)C(=C(O)c2ccc(OC)cc2)[C@@H]1c1cccs1. The van der Waals surface area contributed by atoms with E-state index in [9.17, 15) is 14.7 Å². The molecular weight excluding hydrogens is 388 g/mol. The fraction of sp³-hybridized carbons (Fsp3) is 0.364. The maximum Gasteiger partial charge on any atom is 0.295 e. The third-order valence-corrected chi connectivity index (χ3v) is 6.35. The van der Waals surface area contributed by atoms with E-state index in [1.807, 2.05) is 17.5 Å². The first-order chi connectivity index (χ1) is 14.0. The molecular formula is C22H27N2O4S+. The van der Waals surface area contributed by atoms with Crippen molar-refractivity contribution in [3.05, 3.63) is 57.8 Å². The zero-order chi connectivity index (χ0) is 21.0. The molecule has 1 aromatic carbocycles. The molecule has 6 nitrogen and oxygen atoms in total. The number of hydrogen-bond acceptors (Lipinski definition) is 5. The molecule has 1 aromatic heterocycles. The van der Waals surface area contributed by atoms with Gasteiger partial charge in [-0.05, 0) is 49.6 Å². The molecule has 0 saturated carbocycles. The minimum Gasteiger partial charge on any atom is -0.507 e. The number of benzene rings is 1. The predicted molar refractivity (Wildman–Crippen MR) is 113 cm³/mol. The van der Waals surface area contributed by atoms with Gasteiger partial charge < -0.3 is 19.6 Å². The van der Waals surface area contributed by atoms with Gasteiger partial charge >= 0.3 is 0 Å². The Hall–Kier alpha value is -2.64. The zero-order valence-corrected chi connectivity index (χ0v) is 17.8. The predicted octanol–water partition coefficient (Wildman–Crippen LogP) is 2.10. The third kappa shape index (κ3) is 4.21. The highest BCUT2D eigenvalue weighted by Gasteiger charge is 2.46. The Kier molecular flexibility index (Phi) is 6.71. The summed E-state index contributed by atoms with van der Waals surface area (Å²) in [6.07, 6.45) is 0. The van der Waals surface area contributed by atoms with Crippen molar-refractivity contribution in [1.29, 1.82) is 0 Å². The number of likely N-dealkylation sites (tertiary alicyclic amines) is 1. The molecule has 2 aromatic rings. The van der Waals surface area contributed by atoms with Gasteiger partial charge in [-0.1, -0.05) is 6.07 Å². The lowest BCUT2D eigenvalue weighted by Gasteiger charge is -2.25. The summed E-state index contributed by atoms with van der Waals surface area (Å²) in [5, 5.41) is 12.9. The molecule has 29 heavy (non-hydrogen) atoms. The summed E-state index contributed by atoms with van der Waals surface area (Å²) in [4.78, 5) is 29.6. The van der Waals surface area contributed by atoms with Crippen LogP contribution >= 0.6 is 11.3 Å². The van der Waals surface area contributed by atoms with Crippen molar-refractivity contribution in [3.63, 3.8) is 0 Å². The summed E-state index contributed by atoms with van der Waals surface area (Å²) in [5.41, 5.74) is 0.636. The van der Waals surface area contributed by atoms with E-state index < -0.39 is 17.7 Å². The molecule has 1 fully saturated rings. The molecule has 1 aliphatic heterocycles. The van der Waals surface area contributed by atoms with Crippen molar-refractivity contribution >= 4 is 28.8 Å². The summed E-state index contributed by atoms with van der Waals surface area (Å²) >= 11 is 1.48. The maximum atomic E-state index is 12.9. The molecule has 1 atom stereocenters. The van der Waals surface area contributed by atoms with Crippen molar-refractivity contribution in [2.45, 2.75) is 19.9 Å². The van der Waals surface area contributed by atoms with Crippen LogP contribution in [0.15, 0.2) is 47.4 Å². The van der Waals surface area contributed by atoms with Gasteiger partial charge in [0.15, 0.2) is 0 Å². The molecule has 2 N–H and O–H groups in total. The Bertz CT molecular complexity index is 886. The number of ether oxygens (including phenoxy) is 1. The molecule has 1 amide bonds. The highest BCUT2D eigenvalue weighted by molar-refractivity contribution is 7.10. The van der Waals surface area contributed by atoms with Gasteiger partial charge in [-0.25, -0.2) is 0 Å². The van der Waals surface area contributed by atoms with Crippen molar-refractivity contribution < 1.29 is 24.3 Å². The van der Waals surface area contributed by atoms with E-state index in [1.54, 1.807) is 36.3 Å². The van der Waals surface area contributed by atoms with Gasteiger partial charge in [0.1, 0.15) is 11.5 Å². The molecule has 1 aliphatic rings. The number of methoxy groups -OCH3 is 1. The number of aliphatic hydroxyl groups excluding tert-OH is 1. The quantitative estimate of drug-likeness (QED) is 0.394. The lowest BCUT2D eigenvalue weighted by Crippen LogP contribution is -3.12. The Labute approximate surface area is 175 Å². The third-order valence-electron chi connectivity index (χ3n) is 5.42. The maximum absolute atomic E-state index is 12.9. The van der Waals surface area contributed by atoms with Gasteiger partial charge in [0.25, 0.3) is 11.7 Å². The number of nitrogens with zero attached hydrogens (tertiary/aromatic N) is 1. The second-order valence-electron chi connectivity index (χ2n) is 6.94. The fourth-order valence-corrected chi connectivity index (χ4v) is 4.49. The zero-order valence-electron chi connectivity index (χ0n) is 17.0. The normalized spacial score (nSPS) is 18.6. The Morgan fingerprint density at radius 2 is 1.86 bits per heavy atom. The van der Waals surface area contributed by atoms with Crippen molar-refractivity contribution in [2.75, 3.05) is 33.3 Å².